The van der Waals surface area contributed by atoms with Gasteiger partial charge in [0.05, 0.1) is 13.2 Å². The summed E-state index contributed by atoms with van der Waals surface area (Å²) in [6.45, 7) is 8.10. The van der Waals surface area contributed by atoms with Crippen molar-refractivity contribution in [3.8, 4) is 0 Å². The van der Waals surface area contributed by atoms with Gasteiger partial charge in [-0.2, -0.15) is 0 Å². The Bertz CT molecular complexity index is 319. The predicted octanol–water partition coefficient (Wildman–Crippen LogP) is 2.08. The monoisotopic (exact) mass is 208 g/mol. The van der Waals surface area contributed by atoms with Crippen LogP contribution in [-0.4, -0.2) is 19.0 Å². The Morgan fingerprint density at radius 2 is 2.13 bits per heavy atom. The molecule has 1 saturated carbocycles. The molecule has 2 N–H and O–H groups in total. The van der Waals surface area contributed by atoms with Crippen molar-refractivity contribution in [2.75, 3.05) is 13.2 Å². The molecule has 84 valence electrons. The molecule has 0 radical (unpaired) electrons. The highest BCUT2D eigenvalue weighted by Crippen LogP contribution is 2.48. The van der Waals surface area contributed by atoms with Crippen LogP contribution < -0.4 is 5.73 Å². The van der Waals surface area contributed by atoms with E-state index in [0.717, 1.165) is 24.6 Å². The van der Waals surface area contributed by atoms with Crippen molar-refractivity contribution in [1.82, 2.24) is 0 Å². The molecule has 1 spiro atoms. The minimum Gasteiger partial charge on any atom is -0.477 e. The van der Waals surface area contributed by atoms with E-state index in [1.165, 1.54) is 12.8 Å². The lowest BCUT2D eigenvalue weighted by Crippen LogP contribution is -2.30. The Labute approximate surface area is 91.4 Å². The Kier molecular flexibility index (Phi) is 2.28. The van der Waals surface area contributed by atoms with Crippen molar-refractivity contribution in [3.63, 3.8) is 0 Å². The van der Waals surface area contributed by atoms with Crippen LogP contribution in [0.4, 0.5) is 0 Å². The molecule has 1 aliphatic carbocycles. The second-order valence-electron chi connectivity index (χ2n) is 5.74. The highest BCUT2D eigenvalue weighted by atomic mass is 16.5. The SMILES string of the molecule is CC(C)(C)/C(=C/N)C1=NCC2(CC2)CO1. The van der Waals surface area contributed by atoms with E-state index in [-0.39, 0.29) is 5.41 Å². The van der Waals surface area contributed by atoms with Crippen LogP contribution in [0.2, 0.25) is 0 Å². The number of ether oxygens (including phenoxy) is 1. The van der Waals surface area contributed by atoms with Gasteiger partial charge in [0.25, 0.3) is 0 Å². The Morgan fingerprint density at radius 3 is 2.47 bits per heavy atom. The molecule has 3 nitrogen and oxygen atoms in total. The minimum absolute atomic E-state index is 0.00162. The fraction of sp³-hybridized carbons (Fsp3) is 0.750. The molecule has 0 aromatic carbocycles. The second-order valence-corrected chi connectivity index (χ2v) is 5.74. The molecule has 1 aliphatic heterocycles. The largest absolute Gasteiger partial charge is 0.477 e. The number of rotatable bonds is 1. The lowest BCUT2D eigenvalue weighted by molar-refractivity contribution is 0.202. The third-order valence-corrected chi connectivity index (χ3v) is 3.24. The van der Waals surface area contributed by atoms with Gasteiger partial charge in [-0.15, -0.1) is 0 Å². The van der Waals surface area contributed by atoms with Crippen molar-refractivity contribution in [2.24, 2.45) is 21.6 Å². The maximum Gasteiger partial charge on any atom is 0.213 e. The zero-order valence-corrected chi connectivity index (χ0v) is 9.84. The molecule has 0 aromatic heterocycles. The van der Waals surface area contributed by atoms with Crippen LogP contribution >= 0.6 is 0 Å². The summed E-state index contributed by atoms with van der Waals surface area (Å²) in [5.41, 5.74) is 7.05. The number of aliphatic imine (C=N–C) groups is 1. The van der Waals surface area contributed by atoms with Gasteiger partial charge in [0.15, 0.2) is 0 Å². The van der Waals surface area contributed by atoms with Crippen molar-refractivity contribution < 1.29 is 4.74 Å². The summed E-state index contributed by atoms with van der Waals surface area (Å²) in [7, 11) is 0. The fourth-order valence-corrected chi connectivity index (χ4v) is 1.84. The van der Waals surface area contributed by atoms with Gasteiger partial charge in [-0.1, -0.05) is 20.8 Å². The van der Waals surface area contributed by atoms with E-state index in [4.69, 9.17) is 10.5 Å². The van der Waals surface area contributed by atoms with E-state index in [9.17, 15) is 0 Å². The number of hydrogen-bond acceptors (Lipinski definition) is 3. The minimum atomic E-state index is 0.00162. The molecule has 0 bridgehead atoms. The average molecular weight is 208 g/mol. The molecular weight excluding hydrogens is 188 g/mol. The quantitative estimate of drug-likeness (QED) is 0.717. The maximum absolute atomic E-state index is 5.74. The first-order valence-electron chi connectivity index (χ1n) is 5.57. The van der Waals surface area contributed by atoms with Crippen molar-refractivity contribution >= 4 is 5.90 Å². The Hall–Kier alpha value is -0.990. The lowest BCUT2D eigenvalue weighted by atomic mass is 9.86. The second kappa shape index (κ2) is 3.26. The molecule has 0 atom stereocenters. The van der Waals surface area contributed by atoms with Crippen LogP contribution in [0.1, 0.15) is 33.6 Å². The van der Waals surface area contributed by atoms with Crippen LogP contribution in [0.25, 0.3) is 0 Å². The first-order valence-corrected chi connectivity index (χ1v) is 5.57. The van der Waals surface area contributed by atoms with Gasteiger partial charge in [-0.05, 0) is 18.3 Å². The van der Waals surface area contributed by atoms with Crippen LogP contribution in [0.5, 0.6) is 0 Å². The standard InChI is InChI=1S/C12H20N2O/c1-11(2,3)9(6-13)10-14-7-12(4-5-12)8-15-10/h6H,4-5,7-8,13H2,1-3H3/b9-6+. The van der Waals surface area contributed by atoms with Gasteiger partial charge >= 0.3 is 0 Å². The smallest absolute Gasteiger partial charge is 0.213 e. The molecule has 15 heavy (non-hydrogen) atoms. The maximum atomic E-state index is 5.74. The molecule has 3 heteroatoms. The number of nitrogens with two attached hydrogens (primary N) is 1. The third kappa shape index (κ3) is 2.01. The molecule has 1 fully saturated rings. The van der Waals surface area contributed by atoms with E-state index in [1.807, 2.05) is 0 Å². The number of nitrogens with zero attached hydrogens (tertiary/aromatic N) is 1. The van der Waals surface area contributed by atoms with Crippen molar-refractivity contribution in [3.05, 3.63) is 11.8 Å². The lowest BCUT2D eigenvalue weighted by Gasteiger charge is -2.28. The molecule has 2 aliphatic rings. The van der Waals surface area contributed by atoms with Gasteiger partial charge in [-0.25, -0.2) is 0 Å². The Morgan fingerprint density at radius 1 is 1.47 bits per heavy atom. The molecule has 1 heterocycles. The zero-order chi connectivity index (χ0) is 11.1. The molecule has 0 amide bonds. The van der Waals surface area contributed by atoms with Crippen LogP contribution in [0.3, 0.4) is 0 Å². The van der Waals surface area contributed by atoms with Crippen molar-refractivity contribution in [1.29, 1.82) is 0 Å². The predicted molar refractivity (Wildman–Crippen MR) is 61.6 cm³/mol. The van der Waals surface area contributed by atoms with Crippen LogP contribution in [-0.2, 0) is 4.74 Å². The van der Waals surface area contributed by atoms with Gasteiger partial charge in [-0.3, -0.25) is 4.99 Å². The van der Waals surface area contributed by atoms with Crippen LogP contribution in [0.15, 0.2) is 16.8 Å². The summed E-state index contributed by atoms with van der Waals surface area (Å²) in [5, 5.41) is 0. The van der Waals surface area contributed by atoms with Gasteiger partial charge in [0, 0.05) is 17.2 Å². The van der Waals surface area contributed by atoms with E-state index in [1.54, 1.807) is 6.20 Å². The molecule has 0 aromatic rings. The Balaban J connectivity index is 2.14. The first-order chi connectivity index (χ1) is 6.97. The molecule has 2 rings (SSSR count). The fourth-order valence-electron chi connectivity index (χ4n) is 1.84. The number of hydrogen-bond donors (Lipinski definition) is 1. The topological polar surface area (TPSA) is 47.6 Å². The normalized spacial score (nSPS) is 24.7. The highest BCUT2D eigenvalue weighted by Gasteiger charge is 2.46. The van der Waals surface area contributed by atoms with Gasteiger partial charge in [0.2, 0.25) is 5.90 Å². The molecular formula is C12H20N2O. The van der Waals surface area contributed by atoms with Crippen LogP contribution in [0, 0.1) is 10.8 Å². The van der Waals surface area contributed by atoms with E-state index >= 15 is 0 Å². The van der Waals surface area contributed by atoms with Gasteiger partial charge < -0.3 is 10.5 Å². The van der Waals surface area contributed by atoms with E-state index in [2.05, 4.69) is 25.8 Å². The molecule has 0 saturated heterocycles. The zero-order valence-electron chi connectivity index (χ0n) is 9.84. The summed E-state index contributed by atoms with van der Waals surface area (Å²) in [5.74, 6) is 0.752. The summed E-state index contributed by atoms with van der Waals surface area (Å²) in [4.78, 5) is 4.53. The van der Waals surface area contributed by atoms with E-state index < -0.39 is 0 Å². The van der Waals surface area contributed by atoms with Crippen molar-refractivity contribution in [2.45, 2.75) is 33.6 Å². The first kappa shape index (κ1) is 10.5. The summed E-state index contributed by atoms with van der Waals surface area (Å²) >= 11 is 0. The van der Waals surface area contributed by atoms with E-state index in [0.29, 0.717) is 5.41 Å². The summed E-state index contributed by atoms with van der Waals surface area (Å²) in [6.07, 6.45) is 4.16. The molecule has 0 unspecified atom stereocenters. The van der Waals surface area contributed by atoms with Gasteiger partial charge in [0.1, 0.15) is 0 Å². The summed E-state index contributed by atoms with van der Waals surface area (Å²) in [6, 6.07) is 0. The summed E-state index contributed by atoms with van der Waals surface area (Å²) < 4.78 is 5.74. The third-order valence-electron chi connectivity index (χ3n) is 3.24. The average Bonchev–Trinajstić information content (AvgIpc) is 2.88. The highest BCUT2D eigenvalue weighted by molar-refractivity contribution is 5.95.